The number of rotatable bonds is 4. The molecule has 0 atom stereocenters. The first-order valence-electron chi connectivity index (χ1n) is 5.61. The fourth-order valence-corrected chi connectivity index (χ4v) is 2.51. The Morgan fingerprint density at radius 3 is 2.61 bits per heavy atom. The highest BCUT2D eigenvalue weighted by Crippen LogP contribution is 2.24. The molecule has 2 aromatic rings. The number of benzene rings is 2. The van der Waals surface area contributed by atoms with Gasteiger partial charge in [0.05, 0.1) is 5.75 Å². The SMILES string of the molecule is O=S(=O)(O)CCCc1cccc2cc(O)ccc12. The van der Waals surface area contributed by atoms with Crippen LogP contribution in [0.15, 0.2) is 36.4 Å². The van der Waals surface area contributed by atoms with Crippen molar-refractivity contribution in [3.8, 4) is 5.75 Å². The van der Waals surface area contributed by atoms with Crippen LogP contribution in [-0.4, -0.2) is 23.8 Å². The molecule has 18 heavy (non-hydrogen) atoms. The first-order chi connectivity index (χ1) is 8.46. The molecule has 5 heteroatoms. The van der Waals surface area contributed by atoms with E-state index in [2.05, 4.69) is 0 Å². The number of aromatic hydroxyl groups is 1. The van der Waals surface area contributed by atoms with E-state index in [0.717, 1.165) is 16.3 Å². The number of phenols is 1. The van der Waals surface area contributed by atoms with Gasteiger partial charge in [-0.3, -0.25) is 4.55 Å². The Balaban J connectivity index is 2.23. The summed E-state index contributed by atoms with van der Waals surface area (Å²) in [5, 5.41) is 11.3. The molecule has 0 radical (unpaired) electrons. The summed E-state index contributed by atoms with van der Waals surface area (Å²) in [6, 6.07) is 10.8. The van der Waals surface area contributed by atoms with E-state index >= 15 is 0 Å². The molecule has 0 saturated heterocycles. The van der Waals surface area contributed by atoms with Gasteiger partial charge in [0.25, 0.3) is 10.1 Å². The monoisotopic (exact) mass is 266 g/mol. The summed E-state index contributed by atoms with van der Waals surface area (Å²) >= 11 is 0. The van der Waals surface area contributed by atoms with Crippen LogP contribution >= 0.6 is 0 Å². The maximum Gasteiger partial charge on any atom is 0.264 e. The molecule has 0 unspecified atom stereocenters. The van der Waals surface area contributed by atoms with Gasteiger partial charge in [0.15, 0.2) is 0 Å². The molecule has 0 aliphatic rings. The van der Waals surface area contributed by atoms with E-state index < -0.39 is 10.1 Å². The third-order valence-corrected chi connectivity index (χ3v) is 3.61. The smallest absolute Gasteiger partial charge is 0.264 e. The van der Waals surface area contributed by atoms with Crippen molar-refractivity contribution in [1.29, 1.82) is 0 Å². The number of hydrogen-bond donors (Lipinski definition) is 2. The molecule has 2 rings (SSSR count). The van der Waals surface area contributed by atoms with E-state index in [0.29, 0.717) is 12.8 Å². The molecular formula is C13H14O4S. The lowest BCUT2D eigenvalue weighted by atomic mass is 10.0. The Hall–Kier alpha value is -1.59. The summed E-state index contributed by atoms with van der Waals surface area (Å²) in [4.78, 5) is 0. The van der Waals surface area contributed by atoms with Crippen LogP contribution in [0.1, 0.15) is 12.0 Å². The lowest BCUT2D eigenvalue weighted by Crippen LogP contribution is -2.04. The van der Waals surface area contributed by atoms with Crippen molar-refractivity contribution in [3.63, 3.8) is 0 Å². The van der Waals surface area contributed by atoms with Gasteiger partial charge in [-0.15, -0.1) is 0 Å². The van der Waals surface area contributed by atoms with Gasteiger partial charge in [0.1, 0.15) is 5.75 Å². The van der Waals surface area contributed by atoms with Gasteiger partial charge in [0, 0.05) is 0 Å². The molecular weight excluding hydrogens is 252 g/mol. The minimum Gasteiger partial charge on any atom is -0.508 e. The molecule has 0 heterocycles. The number of fused-ring (bicyclic) bond motifs is 1. The van der Waals surface area contributed by atoms with Crippen LogP contribution in [0.5, 0.6) is 5.75 Å². The molecule has 0 spiro atoms. The summed E-state index contributed by atoms with van der Waals surface area (Å²) < 4.78 is 30.0. The summed E-state index contributed by atoms with van der Waals surface area (Å²) in [7, 11) is -3.89. The van der Waals surface area contributed by atoms with E-state index in [4.69, 9.17) is 4.55 Å². The van der Waals surface area contributed by atoms with E-state index in [1.165, 1.54) is 0 Å². The van der Waals surface area contributed by atoms with E-state index in [-0.39, 0.29) is 11.5 Å². The highest BCUT2D eigenvalue weighted by atomic mass is 32.2. The maximum absolute atomic E-state index is 10.7. The Kier molecular flexibility index (Phi) is 3.54. The van der Waals surface area contributed by atoms with Crippen LogP contribution in [-0.2, 0) is 16.5 Å². The van der Waals surface area contributed by atoms with Gasteiger partial charge in [-0.05, 0) is 41.3 Å². The van der Waals surface area contributed by atoms with E-state index in [1.807, 2.05) is 24.3 Å². The summed E-state index contributed by atoms with van der Waals surface area (Å²) in [6.07, 6.45) is 0.945. The molecule has 2 aromatic carbocycles. The zero-order valence-corrected chi connectivity index (χ0v) is 10.5. The number of aryl methyl sites for hydroxylation is 1. The fourth-order valence-electron chi connectivity index (χ4n) is 2.00. The Labute approximate surface area is 106 Å². The molecule has 4 nitrogen and oxygen atoms in total. The van der Waals surface area contributed by atoms with Gasteiger partial charge < -0.3 is 5.11 Å². The minimum absolute atomic E-state index is 0.206. The van der Waals surface area contributed by atoms with Gasteiger partial charge >= 0.3 is 0 Å². The highest BCUT2D eigenvalue weighted by molar-refractivity contribution is 7.85. The Bertz CT molecular complexity index is 662. The molecule has 0 aliphatic heterocycles. The Morgan fingerprint density at radius 1 is 1.11 bits per heavy atom. The average molecular weight is 266 g/mol. The molecule has 0 saturated carbocycles. The number of hydrogen-bond acceptors (Lipinski definition) is 3. The van der Waals surface area contributed by atoms with Crippen molar-refractivity contribution in [3.05, 3.63) is 42.0 Å². The largest absolute Gasteiger partial charge is 0.508 e. The topological polar surface area (TPSA) is 74.6 Å². The van der Waals surface area contributed by atoms with Crippen molar-refractivity contribution in [1.82, 2.24) is 0 Å². The summed E-state index contributed by atoms with van der Waals surface area (Å²) in [6.45, 7) is 0. The Morgan fingerprint density at radius 2 is 1.89 bits per heavy atom. The van der Waals surface area contributed by atoms with Crippen molar-refractivity contribution >= 4 is 20.9 Å². The standard InChI is InChI=1S/C13H14O4S/c14-12-6-7-13-10(3-1-4-11(13)9-12)5-2-8-18(15,16)17/h1,3-4,6-7,9,14H,2,5,8H2,(H,15,16,17). The molecule has 0 fully saturated rings. The summed E-state index contributed by atoms with van der Waals surface area (Å²) in [5.74, 6) is -0.0286. The zero-order chi connectivity index (χ0) is 13.2. The normalized spacial score (nSPS) is 11.8. The van der Waals surface area contributed by atoms with Gasteiger partial charge in [0.2, 0.25) is 0 Å². The fraction of sp³-hybridized carbons (Fsp3) is 0.231. The van der Waals surface area contributed by atoms with Crippen LogP contribution in [0.2, 0.25) is 0 Å². The van der Waals surface area contributed by atoms with Crippen LogP contribution in [0.25, 0.3) is 10.8 Å². The maximum atomic E-state index is 10.7. The van der Waals surface area contributed by atoms with Crippen LogP contribution in [0.3, 0.4) is 0 Å². The summed E-state index contributed by atoms with van der Waals surface area (Å²) in [5.41, 5.74) is 1.01. The second-order valence-corrected chi connectivity index (χ2v) is 5.78. The van der Waals surface area contributed by atoms with E-state index in [9.17, 15) is 13.5 Å². The molecule has 0 amide bonds. The van der Waals surface area contributed by atoms with Crippen molar-refractivity contribution in [2.45, 2.75) is 12.8 Å². The van der Waals surface area contributed by atoms with Gasteiger partial charge in [-0.1, -0.05) is 24.3 Å². The highest BCUT2D eigenvalue weighted by Gasteiger charge is 2.06. The van der Waals surface area contributed by atoms with Crippen molar-refractivity contribution in [2.75, 3.05) is 5.75 Å². The molecule has 0 bridgehead atoms. The van der Waals surface area contributed by atoms with E-state index in [1.54, 1.807) is 12.1 Å². The molecule has 0 aliphatic carbocycles. The number of phenolic OH excluding ortho intramolecular Hbond substituents is 1. The predicted octanol–water partition coefficient (Wildman–Crippen LogP) is 2.37. The minimum atomic E-state index is -3.89. The van der Waals surface area contributed by atoms with Gasteiger partial charge in [-0.25, -0.2) is 0 Å². The van der Waals surface area contributed by atoms with Crippen LogP contribution in [0.4, 0.5) is 0 Å². The van der Waals surface area contributed by atoms with Gasteiger partial charge in [-0.2, -0.15) is 8.42 Å². The molecule has 0 aromatic heterocycles. The first kappa shape index (κ1) is 12.9. The lowest BCUT2D eigenvalue weighted by molar-refractivity contribution is 0.476. The third kappa shape index (κ3) is 3.21. The second kappa shape index (κ2) is 4.96. The van der Waals surface area contributed by atoms with Crippen molar-refractivity contribution in [2.24, 2.45) is 0 Å². The van der Waals surface area contributed by atoms with Crippen molar-refractivity contribution < 1.29 is 18.1 Å². The quantitative estimate of drug-likeness (QED) is 0.833. The predicted molar refractivity (Wildman–Crippen MR) is 70.3 cm³/mol. The average Bonchev–Trinajstić information content (AvgIpc) is 2.27. The second-order valence-electron chi connectivity index (χ2n) is 4.21. The zero-order valence-electron chi connectivity index (χ0n) is 9.70. The molecule has 96 valence electrons. The van der Waals surface area contributed by atoms with Crippen LogP contribution in [0, 0.1) is 0 Å². The molecule has 2 N–H and O–H groups in total. The lowest BCUT2D eigenvalue weighted by Gasteiger charge is -2.06. The van der Waals surface area contributed by atoms with Crippen LogP contribution < -0.4 is 0 Å². The third-order valence-electron chi connectivity index (χ3n) is 2.80. The first-order valence-corrected chi connectivity index (χ1v) is 7.22.